The molecule has 2 aromatic carbocycles. The average molecular weight is 549 g/mol. The normalized spacial score (nSPS) is 23.2. The first kappa shape index (κ1) is 27.5. The summed E-state index contributed by atoms with van der Waals surface area (Å²) in [4.78, 5) is 32.7. The molecule has 1 aliphatic heterocycles. The first-order valence-corrected chi connectivity index (χ1v) is 14.7. The van der Waals surface area contributed by atoms with Crippen molar-refractivity contribution in [2.24, 2.45) is 5.73 Å². The molecule has 206 valence electrons. The Morgan fingerprint density at radius 2 is 1.77 bits per heavy atom. The van der Waals surface area contributed by atoms with Crippen molar-refractivity contribution in [3.05, 3.63) is 93.4 Å². The first-order valence-electron chi connectivity index (χ1n) is 13.8. The maximum atomic E-state index is 13.7. The number of nitrogens with zero attached hydrogens (tertiary/aromatic N) is 2. The van der Waals surface area contributed by atoms with Gasteiger partial charge in [0, 0.05) is 48.2 Å². The molecule has 2 unspecified atom stereocenters. The molecule has 6 nitrogen and oxygen atoms in total. The van der Waals surface area contributed by atoms with Crippen LogP contribution in [0.4, 0.5) is 4.39 Å². The number of hydrogen-bond acceptors (Lipinski definition) is 5. The summed E-state index contributed by atoms with van der Waals surface area (Å²) in [6, 6.07) is 17.8. The summed E-state index contributed by atoms with van der Waals surface area (Å²) >= 11 is 1.71. The van der Waals surface area contributed by atoms with Gasteiger partial charge in [-0.05, 0) is 85.9 Å². The van der Waals surface area contributed by atoms with E-state index in [1.54, 1.807) is 16.2 Å². The molecule has 1 saturated heterocycles. The largest absolute Gasteiger partial charge is 0.352 e. The predicted molar refractivity (Wildman–Crippen MR) is 153 cm³/mol. The van der Waals surface area contributed by atoms with Crippen LogP contribution in [0.15, 0.2) is 66.0 Å². The van der Waals surface area contributed by atoms with E-state index in [0.717, 1.165) is 38.8 Å². The fourth-order valence-electron chi connectivity index (χ4n) is 5.79. The SMILES string of the molecule is Cc1ccccc1CN(Cc1cccs1)C1CC(C(=O)NC2CCC(N)CC2)N(C(=O)c2ccc(F)cc2)C1. The van der Waals surface area contributed by atoms with Crippen LogP contribution in [-0.2, 0) is 17.9 Å². The first-order chi connectivity index (χ1) is 18.9. The Bertz CT molecular complexity index is 1260. The molecule has 2 amide bonds. The van der Waals surface area contributed by atoms with Crippen molar-refractivity contribution in [3.8, 4) is 0 Å². The minimum absolute atomic E-state index is 0.00775. The highest BCUT2D eigenvalue weighted by molar-refractivity contribution is 7.09. The minimum atomic E-state index is -0.592. The summed E-state index contributed by atoms with van der Waals surface area (Å²) in [5, 5.41) is 5.30. The maximum absolute atomic E-state index is 13.7. The number of carbonyl (C=O) groups excluding carboxylic acids is 2. The topological polar surface area (TPSA) is 78.7 Å². The second-order valence-corrected chi connectivity index (χ2v) is 11.9. The van der Waals surface area contributed by atoms with Crippen molar-refractivity contribution in [2.45, 2.75) is 76.3 Å². The number of aryl methyl sites for hydroxylation is 1. The molecule has 8 heteroatoms. The third-order valence-electron chi connectivity index (χ3n) is 8.14. The molecular formula is C31H37FN4O2S. The molecule has 0 bridgehead atoms. The summed E-state index contributed by atoms with van der Waals surface area (Å²) < 4.78 is 13.6. The molecule has 5 rings (SSSR count). The van der Waals surface area contributed by atoms with E-state index in [4.69, 9.17) is 5.73 Å². The summed E-state index contributed by atoms with van der Waals surface area (Å²) in [5.74, 6) is -0.744. The van der Waals surface area contributed by atoms with Gasteiger partial charge in [0.25, 0.3) is 5.91 Å². The number of carbonyl (C=O) groups is 2. The van der Waals surface area contributed by atoms with Crippen LogP contribution in [0.2, 0.25) is 0 Å². The lowest BCUT2D eigenvalue weighted by Crippen LogP contribution is -2.50. The zero-order valence-electron chi connectivity index (χ0n) is 22.4. The quantitative estimate of drug-likeness (QED) is 0.421. The fourth-order valence-corrected chi connectivity index (χ4v) is 6.52. The van der Waals surface area contributed by atoms with E-state index in [1.807, 2.05) is 6.07 Å². The van der Waals surface area contributed by atoms with Gasteiger partial charge in [0.1, 0.15) is 11.9 Å². The van der Waals surface area contributed by atoms with Crippen LogP contribution in [0.3, 0.4) is 0 Å². The second kappa shape index (κ2) is 12.4. The molecule has 1 aromatic heterocycles. The third kappa shape index (κ3) is 6.75. The van der Waals surface area contributed by atoms with Crippen molar-refractivity contribution in [1.82, 2.24) is 15.1 Å². The number of likely N-dealkylation sites (tertiary alicyclic amines) is 1. The van der Waals surface area contributed by atoms with Gasteiger partial charge >= 0.3 is 0 Å². The Hall–Kier alpha value is -3.07. The number of halogens is 1. The summed E-state index contributed by atoms with van der Waals surface area (Å²) in [6.45, 7) is 4.01. The van der Waals surface area contributed by atoms with Gasteiger partial charge in [-0.2, -0.15) is 0 Å². The standard InChI is InChI=1S/C31H37FN4O2S/c1-21-5-2-3-6-23(21)18-35(20-28-7-4-16-39-28)27-17-29(30(37)34-26-14-12-25(33)13-15-26)36(19-27)31(38)22-8-10-24(32)11-9-22/h2-11,16,25-27,29H,12-15,17-20,33H2,1H3,(H,34,37). The summed E-state index contributed by atoms with van der Waals surface area (Å²) in [5.41, 5.74) is 8.91. The molecule has 1 aliphatic carbocycles. The van der Waals surface area contributed by atoms with Gasteiger partial charge in [-0.25, -0.2) is 4.39 Å². The van der Waals surface area contributed by atoms with Gasteiger partial charge < -0.3 is 16.0 Å². The van der Waals surface area contributed by atoms with Gasteiger partial charge in [-0.3, -0.25) is 14.5 Å². The van der Waals surface area contributed by atoms with Crippen molar-refractivity contribution < 1.29 is 14.0 Å². The second-order valence-electron chi connectivity index (χ2n) is 10.9. The van der Waals surface area contributed by atoms with Crippen LogP contribution >= 0.6 is 11.3 Å². The lowest BCUT2D eigenvalue weighted by atomic mass is 9.91. The van der Waals surface area contributed by atoms with E-state index in [-0.39, 0.29) is 29.9 Å². The molecule has 1 saturated carbocycles. The lowest BCUT2D eigenvalue weighted by Gasteiger charge is -2.30. The molecule has 2 fully saturated rings. The van der Waals surface area contributed by atoms with Crippen LogP contribution in [0.5, 0.6) is 0 Å². The lowest BCUT2D eigenvalue weighted by molar-refractivity contribution is -0.125. The molecule has 3 N–H and O–H groups in total. The van der Waals surface area contributed by atoms with Crippen molar-refractivity contribution in [1.29, 1.82) is 0 Å². The predicted octanol–water partition coefficient (Wildman–Crippen LogP) is 4.87. The van der Waals surface area contributed by atoms with Crippen molar-refractivity contribution in [2.75, 3.05) is 6.54 Å². The molecule has 2 heterocycles. The Balaban J connectivity index is 1.40. The molecule has 0 radical (unpaired) electrons. The highest BCUT2D eigenvalue weighted by Gasteiger charge is 2.42. The van der Waals surface area contributed by atoms with Crippen molar-refractivity contribution >= 4 is 23.2 Å². The summed E-state index contributed by atoms with van der Waals surface area (Å²) in [7, 11) is 0. The van der Waals surface area contributed by atoms with E-state index in [2.05, 4.69) is 52.9 Å². The van der Waals surface area contributed by atoms with Crippen LogP contribution < -0.4 is 11.1 Å². The molecule has 0 spiro atoms. The highest BCUT2D eigenvalue weighted by atomic mass is 32.1. The van der Waals surface area contributed by atoms with Crippen LogP contribution in [0.1, 0.15) is 58.5 Å². The molecule has 2 atom stereocenters. The summed E-state index contributed by atoms with van der Waals surface area (Å²) in [6.07, 6.45) is 4.03. The number of nitrogens with two attached hydrogens (primary N) is 1. The third-order valence-corrected chi connectivity index (χ3v) is 9.00. The zero-order chi connectivity index (χ0) is 27.4. The van der Waals surface area contributed by atoms with E-state index >= 15 is 0 Å². The molecular weight excluding hydrogens is 511 g/mol. The number of thiophene rings is 1. The number of nitrogens with one attached hydrogen (secondary N) is 1. The molecule has 39 heavy (non-hydrogen) atoms. The Labute approximate surface area is 234 Å². The average Bonchev–Trinajstić information content (AvgIpc) is 3.61. The molecule has 3 aromatic rings. The van der Waals surface area contributed by atoms with Gasteiger partial charge in [-0.1, -0.05) is 30.3 Å². The van der Waals surface area contributed by atoms with Gasteiger partial charge in [-0.15, -0.1) is 11.3 Å². The zero-order valence-corrected chi connectivity index (χ0v) is 23.2. The van der Waals surface area contributed by atoms with Gasteiger partial charge in [0.15, 0.2) is 0 Å². The number of amides is 2. The number of hydrogen-bond donors (Lipinski definition) is 2. The van der Waals surface area contributed by atoms with Crippen LogP contribution in [0, 0.1) is 12.7 Å². The molecule has 2 aliphatic rings. The van der Waals surface area contributed by atoms with E-state index in [1.165, 1.54) is 40.3 Å². The van der Waals surface area contributed by atoms with E-state index < -0.39 is 11.9 Å². The van der Waals surface area contributed by atoms with Crippen molar-refractivity contribution in [3.63, 3.8) is 0 Å². The smallest absolute Gasteiger partial charge is 0.254 e. The van der Waals surface area contributed by atoms with E-state index in [9.17, 15) is 14.0 Å². The Morgan fingerprint density at radius 3 is 2.46 bits per heavy atom. The van der Waals surface area contributed by atoms with Gasteiger partial charge in [0.05, 0.1) is 0 Å². The number of benzene rings is 2. The Kier molecular flexibility index (Phi) is 8.75. The Morgan fingerprint density at radius 1 is 1.03 bits per heavy atom. The van der Waals surface area contributed by atoms with Crippen LogP contribution in [-0.4, -0.2) is 52.3 Å². The number of rotatable bonds is 8. The fraction of sp³-hybridized carbons (Fsp3) is 0.419. The maximum Gasteiger partial charge on any atom is 0.254 e. The highest BCUT2D eigenvalue weighted by Crippen LogP contribution is 2.29. The van der Waals surface area contributed by atoms with Crippen LogP contribution in [0.25, 0.3) is 0 Å². The monoisotopic (exact) mass is 548 g/mol. The minimum Gasteiger partial charge on any atom is -0.352 e. The van der Waals surface area contributed by atoms with E-state index in [0.29, 0.717) is 18.5 Å². The van der Waals surface area contributed by atoms with Gasteiger partial charge in [0.2, 0.25) is 5.91 Å².